The molecule has 0 aromatic heterocycles. The third-order valence-electron chi connectivity index (χ3n) is 4.29. The van der Waals surface area contributed by atoms with Crippen molar-refractivity contribution in [2.24, 2.45) is 0 Å². The molecule has 0 aliphatic carbocycles. The molecule has 0 bridgehead atoms. The van der Waals surface area contributed by atoms with Gasteiger partial charge in [-0.3, -0.25) is 0 Å². The van der Waals surface area contributed by atoms with E-state index >= 15 is 0 Å². The van der Waals surface area contributed by atoms with Gasteiger partial charge in [-0.15, -0.1) is 0 Å². The van der Waals surface area contributed by atoms with Crippen LogP contribution in [0.4, 0.5) is 18.0 Å². The van der Waals surface area contributed by atoms with Crippen LogP contribution in [0.25, 0.3) is 0 Å². The molecule has 0 spiro atoms. The minimum atomic E-state index is -4.39. The summed E-state index contributed by atoms with van der Waals surface area (Å²) in [6.45, 7) is 3.12. The molecular formula is C22H32F3NO7. The number of rotatable bonds is 16. The quantitative estimate of drug-likeness (QED) is 0.359. The summed E-state index contributed by atoms with van der Waals surface area (Å²) in [4.78, 5) is 24.7. The van der Waals surface area contributed by atoms with Crippen LogP contribution in [0.5, 0.6) is 5.75 Å². The molecule has 33 heavy (non-hydrogen) atoms. The number of hydrogen-bond acceptors (Lipinski definition) is 6. The van der Waals surface area contributed by atoms with Crippen LogP contribution in [-0.2, 0) is 25.4 Å². The van der Waals surface area contributed by atoms with Gasteiger partial charge in [0.25, 0.3) is 0 Å². The first-order valence-electron chi connectivity index (χ1n) is 10.8. The number of hydrogen-bond donors (Lipinski definition) is 1. The predicted molar refractivity (Wildman–Crippen MR) is 113 cm³/mol. The van der Waals surface area contributed by atoms with Crippen molar-refractivity contribution in [3.63, 3.8) is 0 Å². The third kappa shape index (κ3) is 12.9. The normalized spacial score (nSPS) is 12.3. The van der Waals surface area contributed by atoms with Crippen molar-refractivity contribution < 1.29 is 46.8 Å². The van der Waals surface area contributed by atoms with Crippen LogP contribution in [0.1, 0.15) is 32.3 Å². The number of carboxylic acid groups (broad SMARTS) is 1. The summed E-state index contributed by atoms with van der Waals surface area (Å²) in [6, 6.07) is 6.83. The van der Waals surface area contributed by atoms with Gasteiger partial charge in [0.15, 0.2) is 6.10 Å². The first-order valence-corrected chi connectivity index (χ1v) is 10.8. The molecule has 1 amide bonds. The van der Waals surface area contributed by atoms with Crippen LogP contribution in [0, 0.1) is 0 Å². The van der Waals surface area contributed by atoms with Gasteiger partial charge in [0.1, 0.15) is 19.0 Å². The number of aliphatic carboxylic acids is 1. The Morgan fingerprint density at radius 2 is 1.76 bits per heavy atom. The average Bonchev–Trinajstić information content (AvgIpc) is 2.76. The number of carbonyl (C=O) groups excluding carboxylic acids is 1. The van der Waals surface area contributed by atoms with Crippen molar-refractivity contribution in [3.8, 4) is 5.75 Å². The number of alkyl halides is 3. The Bertz CT molecular complexity index is 698. The second kappa shape index (κ2) is 15.3. The predicted octanol–water partition coefficient (Wildman–Crippen LogP) is 3.92. The van der Waals surface area contributed by atoms with E-state index in [9.17, 15) is 22.8 Å². The topological polar surface area (TPSA) is 94.5 Å². The smallest absolute Gasteiger partial charge is 0.411 e. The zero-order valence-corrected chi connectivity index (χ0v) is 18.9. The highest BCUT2D eigenvalue weighted by molar-refractivity contribution is 5.72. The first-order chi connectivity index (χ1) is 15.7. The highest BCUT2D eigenvalue weighted by Gasteiger charge is 2.27. The zero-order chi connectivity index (χ0) is 24.7. The lowest BCUT2D eigenvalue weighted by Crippen LogP contribution is -2.36. The van der Waals surface area contributed by atoms with E-state index in [0.717, 1.165) is 5.56 Å². The van der Waals surface area contributed by atoms with E-state index in [1.165, 1.54) is 4.90 Å². The van der Waals surface area contributed by atoms with Crippen LogP contribution in [0.3, 0.4) is 0 Å². The van der Waals surface area contributed by atoms with Crippen molar-refractivity contribution in [2.45, 2.75) is 45.4 Å². The van der Waals surface area contributed by atoms with Crippen molar-refractivity contribution in [1.29, 1.82) is 0 Å². The Morgan fingerprint density at radius 3 is 2.33 bits per heavy atom. The van der Waals surface area contributed by atoms with Crippen molar-refractivity contribution >= 4 is 12.1 Å². The molecule has 1 aromatic carbocycles. The summed E-state index contributed by atoms with van der Waals surface area (Å²) in [6.07, 6.45) is -4.80. The molecule has 0 saturated heterocycles. The van der Waals surface area contributed by atoms with E-state index in [1.54, 1.807) is 31.2 Å². The second-order valence-corrected chi connectivity index (χ2v) is 7.10. The van der Waals surface area contributed by atoms with E-state index in [2.05, 4.69) is 4.74 Å². The number of carboxylic acids is 1. The highest BCUT2D eigenvalue weighted by atomic mass is 19.4. The van der Waals surface area contributed by atoms with Gasteiger partial charge in [0.2, 0.25) is 0 Å². The molecule has 0 aliphatic heterocycles. The number of nitrogens with zero attached hydrogens (tertiary/aromatic N) is 1. The number of ether oxygens (including phenoxy) is 4. The van der Waals surface area contributed by atoms with Gasteiger partial charge < -0.3 is 29.0 Å². The summed E-state index contributed by atoms with van der Waals surface area (Å²) >= 11 is 0. The van der Waals surface area contributed by atoms with Gasteiger partial charge in [-0.25, -0.2) is 9.59 Å². The fourth-order valence-electron chi connectivity index (χ4n) is 2.75. The molecule has 1 aromatic rings. The first kappa shape index (κ1) is 28.5. The van der Waals surface area contributed by atoms with Crippen molar-refractivity contribution in [2.75, 3.05) is 46.1 Å². The maximum Gasteiger partial charge on any atom is 0.411 e. The Kier molecular flexibility index (Phi) is 13.2. The molecule has 8 nitrogen and oxygen atoms in total. The van der Waals surface area contributed by atoms with Gasteiger partial charge in [-0.05, 0) is 37.5 Å². The third-order valence-corrected chi connectivity index (χ3v) is 4.29. The van der Waals surface area contributed by atoms with Gasteiger partial charge in [-0.1, -0.05) is 19.1 Å². The SMILES string of the molecule is CCCOC(=O)N(CCCOCC(F)(F)F)CCOc1ccc(CC(OCC)C(=O)O)cc1. The summed E-state index contributed by atoms with van der Waals surface area (Å²) in [5.41, 5.74) is 0.770. The molecule has 0 fully saturated rings. The van der Waals surface area contributed by atoms with Crippen LogP contribution in [0.2, 0.25) is 0 Å². The van der Waals surface area contributed by atoms with E-state index in [0.29, 0.717) is 18.8 Å². The van der Waals surface area contributed by atoms with E-state index < -0.39 is 30.9 Å². The minimum Gasteiger partial charge on any atom is -0.492 e. The number of amides is 1. The lowest BCUT2D eigenvalue weighted by Gasteiger charge is -2.22. The fourth-order valence-corrected chi connectivity index (χ4v) is 2.75. The minimum absolute atomic E-state index is 0.140. The second-order valence-electron chi connectivity index (χ2n) is 7.10. The average molecular weight is 479 g/mol. The summed E-state index contributed by atoms with van der Waals surface area (Å²) in [5.74, 6) is -0.506. The van der Waals surface area contributed by atoms with Crippen molar-refractivity contribution in [1.82, 2.24) is 4.90 Å². The molecule has 0 saturated carbocycles. The Morgan fingerprint density at radius 1 is 1.06 bits per heavy atom. The lowest BCUT2D eigenvalue weighted by molar-refractivity contribution is -0.174. The zero-order valence-electron chi connectivity index (χ0n) is 18.9. The maximum atomic E-state index is 12.2. The van der Waals surface area contributed by atoms with E-state index in [4.69, 9.17) is 19.3 Å². The van der Waals surface area contributed by atoms with Crippen LogP contribution in [-0.4, -0.2) is 80.5 Å². The highest BCUT2D eigenvalue weighted by Crippen LogP contribution is 2.16. The van der Waals surface area contributed by atoms with E-state index in [1.807, 2.05) is 6.92 Å². The number of benzene rings is 1. The molecule has 0 radical (unpaired) electrons. The molecule has 1 rings (SSSR count). The number of carbonyl (C=O) groups is 2. The van der Waals surface area contributed by atoms with Gasteiger partial charge >= 0.3 is 18.2 Å². The van der Waals surface area contributed by atoms with E-state index in [-0.39, 0.29) is 45.8 Å². The lowest BCUT2D eigenvalue weighted by atomic mass is 10.1. The molecule has 0 aliphatic rings. The standard InChI is InChI=1S/C22H32F3NO7/c1-3-12-33-21(29)26(10-5-13-30-16-22(23,24)25)11-14-32-18-8-6-17(7-9-18)15-19(20(27)28)31-4-2/h6-9,19H,3-5,10-16H2,1-2H3,(H,27,28). The molecule has 0 heterocycles. The largest absolute Gasteiger partial charge is 0.492 e. The van der Waals surface area contributed by atoms with Crippen LogP contribution >= 0.6 is 0 Å². The molecule has 1 atom stereocenters. The van der Waals surface area contributed by atoms with Crippen LogP contribution < -0.4 is 4.74 Å². The van der Waals surface area contributed by atoms with Gasteiger partial charge in [0, 0.05) is 26.2 Å². The number of halogens is 3. The summed E-state index contributed by atoms with van der Waals surface area (Å²) < 4.78 is 56.9. The fraction of sp³-hybridized carbons (Fsp3) is 0.636. The molecule has 1 unspecified atom stereocenters. The van der Waals surface area contributed by atoms with Crippen molar-refractivity contribution in [3.05, 3.63) is 29.8 Å². The monoisotopic (exact) mass is 479 g/mol. The Hall–Kier alpha value is -2.53. The molecule has 11 heteroatoms. The van der Waals surface area contributed by atoms with Gasteiger partial charge in [-0.2, -0.15) is 13.2 Å². The molecular weight excluding hydrogens is 447 g/mol. The summed E-state index contributed by atoms with van der Waals surface area (Å²) in [7, 11) is 0. The summed E-state index contributed by atoms with van der Waals surface area (Å²) in [5, 5.41) is 9.16. The maximum absolute atomic E-state index is 12.2. The Balaban J connectivity index is 2.52. The molecule has 188 valence electrons. The van der Waals surface area contributed by atoms with Gasteiger partial charge in [0.05, 0.1) is 13.2 Å². The Labute approximate surface area is 191 Å². The molecule has 1 N–H and O–H groups in total. The van der Waals surface area contributed by atoms with Crippen LogP contribution in [0.15, 0.2) is 24.3 Å².